The van der Waals surface area contributed by atoms with Crippen molar-refractivity contribution in [3.63, 3.8) is 0 Å². The molecule has 0 fully saturated rings. The summed E-state index contributed by atoms with van der Waals surface area (Å²) in [5.41, 5.74) is 5.11. The smallest absolute Gasteiger partial charge is 0.267 e. The molecule has 0 unspecified atom stereocenters. The normalized spacial score (nSPS) is 16.0. The second-order valence-corrected chi connectivity index (χ2v) is 9.65. The molecule has 0 aliphatic carbocycles. The first kappa shape index (κ1) is 19.2. The third kappa shape index (κ3) is 3.36. The highest BCUT2D eigenvalue weighted by Gasteiger charge is 2.29. The molecule has 0 spiro atoms. The van der Waals surface area contributed by atoms with E-state index in [1.165, 1.54) is 11.3 Å². The molecule has 2 aromatic heterocycles. The molecule has 154 valence electrons. The molecule has 8 nitrogen and oxygen atoms in total. The first-order chi connectivity index (χ1) is 14.3. The van der Waals surface area contributed by atoms with Crippen LogP contribution >= 0.6 is 11.3 Å². The summed E-state index contributed by atoms with van der Waals surface area (Å²) in [6.07, 6.45) is 2.09. The number of thiazole rings is 1. The van der Waals surface area contributed by atoms with Gasteiger partial charge in [-0.15, -0.1) is 11.3 Å². The fourth-order valence-corrected chi connectivity index (χ4v) is 5.18. The van der Waals surface area contributed by atoms with Crippen LogP contribution < -0.4 is 9.47 Å². The molecule has 0 saturated carbocycles. The largest absolute Gasteiger partial charge is 0.480 e. The van der Waals surface area contributed by atoms with Gasteiger partial charge in [-0.3, -0.25) is 0 Å². The Bertz CT molecular complexity index is 1420. The Morgan fingerprint density at radius 3 is 2.80 bits per heavy atom. The SMILES string of the molecule is COc1cnc2c(-c3nc4ccc5c(c4s3)C[C@H](OS(C)(=O)=O)O5)cc(C)cc2n1. The first-order valence-corrected chi connectivity index (χ1v) is 11.7. The predicted molar refractivity (Wildman–Crippen MR) is 113 cm³/mol. The Morgan fingerprint density at radius 1 is 1.20 bits per heavy atom. The van der Waals surface area contributed by atoms with Crippen LogP contribution in [0.5, 0.6) is 11.6 Å². The Kier molecular flexibility index (Phi) is 4.38. The van der Waals surface area contributed by atoms with Crippen LogP contribution in [0.25, 0.3) is 31.8 Å². The molecule has 2 aromatic carbocycles. The van der Waals surface area contributed by atoms with Crippen molar-refractivity contribution in [2.75, 3.05) is 13.4 Å². The molecule has 0 N–H and O–H groups in total. The van der Waals surface area contributed by atoms with E-state index in [2.05, 4.69) is 9.97 Å². The van der Waals surface area contributed by atoms with Crippen molar-refractivity contribution in [3.8, 4) is 22.2 Å². The molecule has 30 heavy (non-hydrogen) atoms. The number of aryl methyl sites for hydroxylation is 1. The van der Waals surface area contributed by atoms with Crippen molar-refractivity contribution >= 4 is 42.7 Å². The van der Waals surface area contributed by atoms with E-state index in [9.17, 15) is 8.42 Å². The van der Waals surface area contributed by atoms with Crippen molar-refractivity contribution in [1.29, 1.82) is 0 Å². The lowest BCUT2D eigenvalue weighted by Gasteiger charge is -2.08. The monoisotopic (exact) mass is 443 g/mol. The molecule has 0 radical (unpaired) electrons. The third-order valence-corrected chi connectivity index (χ3v) is 6.47. The standard InChI is InChI=1S/C20H17N3O5S2/c1-10-6-12(18-14(7-10)22-16(26-2)9-21-18)20-23-13-4-5-15-11(19(13)29-20)8-17(27-15)28-30(3,24)25/h4-7,9,17H,8H2,1-3H3/t17-/m0/s1. The fourth-order valence-electron chi connectivity index (χ4n) is 3.56. The number of fused-ring (bicyclic) bond motifs is 4. The number of ether oxygens (including phenoxy) is 2. The van der Waals surface area contributed by atoms with Crippen LogP contribution in [0.4, 0.5) is 0 Å². The van der Waals surface area contributed by atoms with Gasteiger partial charge in [-0.05, 0) is 36.8 Å². The minimum Gasteiger partial charge on any atom is -0.480 e. The third-order valence-electron chi connectivity index (χ3n) is 4.74. The number of nitrogens with zero attached hydrogens (tertiary/aromatic N) is 3. The summed E-state index contributed by atoms with van der Waals surface area (Å²) in [6, 6.07) is 7.66. The van der Waals surface area contributed by atoms with Crippen LogP contribution in [0.1, 0.15) is 11.1 Å². The minimum atomic E-state index is -3.61. The molecule has 0 bridgehead atoms. The van der Waals surface area contributed by atoms with E-state index in [0.717, 1.165) is 49.2 Å². The zero-order valence-corrected chi connectivity index (χ0v) is 18.0. The first-order valence-electron chi connectivity index (χ1n) is 9.10. The van der Waals surface area contributed by atoms with Gasteiger partial charge in [0, 0.05) is 17.5 Å². The van der Waals surface area contributed by atoms with Crippen LogP contribution in [0.15, 0.2) is 30.5 Å². The van der Waals surface area contributed by atoms with E-state index in [1.54, 1.807) is 19.4 Å². The van der Waals surface area contributed by atoms with E-state index in [1.807, 2.05) is 25.1 Å². The number of rotatable bonds is 4. The Hall–Kier alpha value is -2.82. The van der Waals surface area contributed by atoms with Gasteiger partial charge in [-0.2, -0.15) is 8.42 Å². The van der Waals surface area contributed by atoms with Gasteiger partial charge in [0.1, 0.15) is 10.8 Å². The number of benzene rings is 2. The zero-order valence-electron chi connectivity index (χ0n) is 16.4. The molecule has 5 rings (SSSR count). The van der Waals surface area contributed by atoms with Crippen LogP contribution in [0.3, 0.4) is 0 Å². The summed E-state index contributed by atoms with van der Waals surface area (Å²) < 4.78 is 39.7. The highest BCUT2D eigenvalue weighted by Crippen LogP contribution is 2.42. The molecule has 0 amide bonds. The topological polar surface area (TPSA) is 101 Å². The van der Waals surface area contributed by atoms with E-state index < -0.39 is 16.4 Å². The highest BCUT2D eigenvalue weighted by atomic mass is 32.2. The summed E-state index contributed by atoms with van der Waals surface area (Å²) in [6.45, 7) is 2.00. The van der Waals surface area contributed by atoms with Crippen LogP contribution in [0, 0.1) is 6.92 Å². The number of hydrogen-bond donors (Lipinski definition) is 0. The summed E-state index contributed by atoms with van der Waals surface area (Å²) in [4.78, 5) is 13.8. The minimum absolute atomic E-state index is 0.340. The molecular formula is C20H17N3O5S2. The quantitative estimate of drug-likeness (QED) is 0.442. The lowest BCUT2D eigenvalue weighted by Crippen LogP contribution is -2.21. The predicted octanol–water partition coefficient (Wildman–Crippen LogP) is 3.46. The fraction of sp³-hybridized carbons (Fsp3) is 0.250. The second kappa shape index (κ2) is 6.86. The second-order valence-electron chi connectivity index (χ2n) is 7.05. The Labute approximate surface area is 176 Å². The van der Waals surface area contributed by atoms with Gasteiger partial charge in [0.15, 0.2) is 0 Å². The van der Waals surface area contributed by atoms with E-state index in [4.69, 9.17) is 18.6 Å². The Morgan fingerprint density at radius 2 is 2.03 bits per heavy atom. The van der Waals surface area contributed by atoms with Gasteiger partial charge >= 0.3 is 0 Å². The molecular weight excluding hydrogens is 426 g/mol. The maximum Gasteiger partial charge on any atom is 0.267 e. The Balaban J connectivity index is 1.62. The summed E-state index contributed by atoms with van der Waals surface area (Å²) in [5, 5.41) is 0.805. The lowest BCUT2D eigenvalue weighted by atomic mass is 10.1. The van der Waals surface area contributed by atoms with Gasteiger partial charge in [-0.1, -0.05) is 0 Å². The molecule has 1 atom stereocenters. The van der Waals surface area contributed by atoms with Crippen LogP contribution in [-0.2, 0) is 20.7 Å². The molecule has 0 saturated heterocycles. The highest BCUT2D eigenvalue weighted by molar-refractivity contribution is 7.86. The summed E-state index contributed by atoms with van der Waals surface area (Å²) >= 11 is 1.51. The van der Waals surface area contributed by atoms with Gasteiger partial charge < -0.3 is 9.47 Å². The lowest BCUT2D eigenvalue weighted by molar-refractivity contribution is 0.0322. The number of aromatic nitrogens is 3. The van der Waals surface area contributed by atoms with Gasteiger partial charge in [0.25, 0.3) is 10.1 Å². The molecule has 4 aromatic rings. The average Bonchev–Trinajstić information content (AvgIpc) is 3.28. The van der Waals surface area contributed by atoms with Gasteiger partial charge in [0.2, 0.25) is 12.2 Å². The van der Waals surface area contributed by atoms with E-state index in [-0.39, 0.29) is 0 Å². The van der Waals surface area contributed by atoms with Crippen LogP contribution in [0.2, 0.25) is 0 Å². The maximum absolute atomic E-state index is 11.5. The van der Waals surface area contributed by atoms with E-state index in [0.29, 0.717) is 18.1 Å². The summed E-state index contributed by atoms with van der Waals surface area (Å²) in [5.74, 6) is 1.07. The number of hydrogen-bond acceptors (Lipinski definition) is 9. The van der Waals surface area contributed by atoms with Crippen LogP contribution in [-0.4, -0.2) is 43.0 Å². The molecule has 1 aliphatic heterocycles. The summed E-state index contributed by atoms with van der Waals surface area (Å²) in [7, 11) is -2.05. The molecule has 1 aliphatic rings. The van der Waals surface area contributed by atoms with Crippen molar-refractivity contribution in [2.24, 2.45) is 0 Å². The van der Waals surface area contributed by atoms with Crippen molar-refractivity contribution in [3.05, 3.63) is 41.6 Å². The van der Waals surface area contributed by atoms with Crippen molar-refractivity contribution < 1.29 is 22.1 Å². The average molecular weight is 444 g/mol. The van der Waals surface area contributed by atoms with Gasteiger partial charge in [0.05, 0.1) is 40.8 Å². The van der Waals surface area contributed by atoms with E-state index >= 15 is 0 Å². The van der Waals surface area contributed by atoms with Gasteiger partial charge in [-0.25, -0.2) is 19.1 Å². The van der Waals surface area contributed by atoms with Crippen molar-refractivity contribution in [2.45, 2.75) is 19.6 Å². The van der Waals surface area contributed by atoms with Crippen molar-refractivity contribution in [1.82, 2.24) is 15.0 Å². The number of methoxy groups -OCH3 is 1. The molecule has 10 heteroatoms. The molecule has 3 heterocycles. The zero-order chi connectivity index (χ0) is 21.0. The maximum atomic E-state index is 11.5.